The van der Waals surface area contributed by atoms with Gasteiger partial charge in [-0.2, -0.15) is 0 Å². The first-order valence-electron chi connectivity index (χ1n) is 10.1. The van der Waals surface area contributed by atoms with Crippen LogP contribution in [0.2, 0.25) is 0 Å². The third kappa shape index (κ3) is 4.57. The monoisotopic (exact) mass is 422 g/mol. The zero-order valence-corrected chi connectivity index (χ0v) is 18.1. The molecule has 7 heteroatoms. The predicted octanol–water partition coefficient (Wildman–Crippen LogP) is 3.07. The second-order valence-electron chi connectivity index (χ2n) is 7.87. The van der Waals surface area contributed by atoms with Crippen LogP contribution >= 0.6 is 11.8 Å². The van der Waals surface area contributed by atoms with Gasteiger partial charge in [0.05, 0.1) is 6.54 Å². The van der Waals surface area contributed by atoms with Crippen LogP contribution in [0, 0.1) is 6.92 Å². The van der Waals surface area contributed by atoms with Crippen molar-refractivity contribution in [3.05, 3.63) is 59.7 Å². The number of hydrogen-bond acceptors (Lipinski definition) is 5. The SMILES string of the molecule is CSc1cccc(NC(=O)CN2CCC3(CC2)N=C(c2ccc(C)cc2)C(=O)N3)c1. The molecule has 2 N–H and O–H groups in total. The van der Waals surface area contributed by atoms with Gasteiger partial charge < -0.3 is 10.6 Å². The molecule has 0 atom stereocenters. The fourth-order valence-electron chi connectivity index (χ4n) is 3.89. The maximum atomic E-state index is 12.5. The number of nitrogens with zero attached hydrogens (tertiary/aromatic N) is 2. The first-order valence-corrected chi connectivity index (χ1v) is 11.3. The lowest BCUT2D eigenvalue weighted by Crippen LogP contribution is -2.52. The van der Waals surface area contributed by atoms with Crippen LogP contribution in [0.25, 0.3) is 0 Å². The van der Waals surface area contributed by atoms with Gasteiger partial charge >= 0.3 is 0 Å². The molecule has 4 rings (SSSR count). The smallest absolute Gasteiger partial charge is 0.272 e. The van der Waals surface area contributed by atoms with Gasteiger partial charge in [-0.15, -0.1) is 11.8 Å². The number of aliphatic imine (C=N–C) groups is 1. The first-order chi connectivity index (χ1) is 14.5. The topological polar surface area (TPSA) is 73.8 Å². The van der Waals surface area contributed by atoms with Gasteiger partial charge in [-0.25, -0.2) is 0 Å². The molecule has 2 amide bonds. The molecule has 0 aromatic heterocycles. The van der Waals surface area contributed by atoms with E-state index < -0.39 is 5.66 Å². The molecular weight excluding hydrogens is 396 g/mol. The number of likely N-dealkylation sites (tertiary alicyclic amines) is 1. The Labute approximate surface area is 181 Å². The van der Waals surface area contributed by atoms with Crippen LogP contribution in [0.4, 0.5) is 5.69 Å². The van der Waals surface area contributed by atoms with Crippen molar-refractivity contribution in [2.45, 2.75) is 30.3 Å². The molecule has 0 bridgehead atoms. The number of piperidine rings is 1. The molecule has 0 aliphatic carbocycles. The number of aryl methyl sites for hydroxylation is 1. The summed E-state index contributed by atoms with van der Waals surface area (Å²) in [6.45, 7) is 3.78. The van der Waals surface area contributed by atoms with Crippen molar-refractivity contribution in [2.24, 2.45) is 4.99 Å². The highest BCUT2D eigenvalue weighted by atomic mass is 32.2. The predicted molar refractivity (Wildman–Crippen MR) is 121 cm³/mol. The fourth-order valence-corrected chi connectivity index (χ4v) is 4.35. The number of carbonyl (C=O) groups excluding carboxylic acids is 2. The number of carbonyl (C=O) groups is 2. The Balaban J connectivity index is 1.35. The molecule has 0 saturated carbocycles. The molecule has 2 heterocycles. The van der Waals surface area contributed by atoms with Crippen molar-refractivity contribution in [1.29, 1.82) is 0 Å². The number of benzene rings is 2. The van der Waals surface area contributed by atoms with Crippen LogP contribution < -0.4 is 10.6 Å². The third-order valence-corrected chi connectivity index (χ3v) is 6.34. The summed E-state index contributed by atoms with van der Waals surface area (Å²) in [5.41, 5.74) is 2.78. The molecule has 156 valence electrons. The molecule has 2 aliphatic rings. The van der Waals surface area contributed by atoms with Gasteiger partial charge in [-0.05, 0) is 31.4 Å². The molecule has 0 radical (unpaired) electrons. The maximum Gasteiger partial charge on any atom is 0.272 e. The summed E-state index contributed by atoms with van der Waals surface area (Å²) >= 11 is 1.65. The molecule has 1 spiro atoms. The largest absolute Gasteiger partial charge is 0.326 e. The minimum Gasteiger partial charge on any atom is -0.326 e. The number of anilines is 1. The first kappa shape index (κ1) is 20.6. The quantitative estimate of drug-likeness (QED) is 0.727. The molecule has 6 nitrogen and oxygen atoms in total. The average molecular weight is 423 g/mol. The minimum atomic E-state index is -0.545. The summed E-state index contributed by atoms with van der Waals surface area (Å²) in [6, 6.07) is 15.7. The minimum absolute atomic E-state index is 0.0245. The van der Waals surface area contributed by atoms with E-state index in [2.05, 4.69) is 15.5 Å². The molecule has 1 fully saturated rings. The van der Waals surface area contributed by atoms with E-state index in [0.29, 0.717) is 38.2 Å². The average Bonchev–Trinajstić information content (AvgIpc) is 3.06. The van der Waals surface area contributed by atoms with Crippen molar-refractivity contribution in [1.82, 2.24) is 10.2 Å². The molecule has 2 aliphatic heterocycles. The molecule has 1 saturated heterocycles. The Bertz CT molecular complexity index is 979. The maximum absolute atomic E-state index is 12.5. The van der Waals surface area contributed by atoms with E-state index in [0.717, 1.165) is 21.7 Å². The van der Waals surface area contributed by atoms with Crippen LogP contribution in [0.1, 0.15) is 24.0 Å². The summed E-state index contributed by atoms with van der Waals surface area (Å²) in [5, 5.41) is 6.06. The Morgan fingerprint density at radius 1 is 1.20 bits per heavy atom. The Morgan fingerprint density at radius 2 is 1.93 bits per heavy atom. The zero-order chi connectivity index (χ0) is 21.1. The van der Waals surface area contributed by atoms with Crippen LogP contribution in [0.5, 0.6) is 0 Å². The standard InChI is InChI=1S/C23H26N4O2S/c1-16-6-8-17(9-7-16)21-22(29)26-23(25-21)10-12-27(13-11-23)15-20(28)24-18-4-3-5-19(14-18)30-2/h3-9,14H,10-13,15H2,1-2H3,(H,24,28)(H,26,29). The lowest BCUT2D eigenvalue weighted by atomic mass is 9.98. The van der Waals surface area contributed by atoms with Crippen molar-refractivity contribution >= 4 is 35.0 Å². The van der Waals surface area contributed by atoms with E-state index in [1.54, 1.807) is 11.8 Å². The van der Waals surface area contributed by atoms with E-state index in [1.165, 1.54) is 0 Å². The fraction of sp³-hybridized carbons (Fsp3) is 0.348. The Kier molecular flexibility index (Phi) is 5.92. The summed E-state index contributed by atoms with van der Waals surface area (Å²) in [5.74, 6) is -0.137. The van der Waals surface area contributed by atoms with Gasteiger partial charge in [-0.3, -0.25) is 19.5 Å². The van der Waals surface area contributed by atoms with Gasteiger partial charge in [0.25, 0.3) is 5.91 Å². The summed E-state index contributed by atoms with van der Waals surface area (Å²) in [7, 11) is 0. The van der Waals surface area contributed by atoms with Gasteiger partial charge in [0.2, 0.25) is 5.91 Å². The van der Waals surface area contributed by atoms with Gasteiger partial charge in [0.15, 0.2) is 0 Å². The van der Waals surface area contributed by atoms with Crippen LogP contribution in [0.3, 0.4) is 0 Å². The van der Waals surface area contributed by atoms with Gasteiger partial charge in [0.1, 0.15) is 11.4 Å². The van der Waals surface area contributed by atoms with E-state index in [1.807, 2.05) is 61.7 Å². The van der Waals surface area contributed by atoms with Crippen LogP contribution in [0.15, 0.2) is 58.4 Å². The van der Waals surface area contributed by atoms with E-state index in [-0.39, 0.29) is 11.8 Å². The lowest BCUT2D eigenvalue weighted by molar-refractivity contribution is -0.119. The third-order valence-electron chi connectivity index (χ3n) is 5.62. The number of amides is 2. The van der Waals surface area contributed by atoms with E-state index >= 15 is 0 Å². The number of rotatable bonds is 5. The van der Waals surface area contributed by atoms with Crippen molar-refractivity contribution in [3.63, 3.8) is 0 Å². The highest BCUT2D eigenvalue weighted by molar-refractivity contribution is 7.98. The number of hydrogen-bond donors (Lipinski definition) is 2. The molecule has 2 aromatic carbocycles. The molecular formula is C23H26N4O2S. The summed E-state index contributed by atoms with van der Waals surface area (Å²) in [4.78, 5) is 33.0. The van der Waals surface area contributed by atoms with Crippen LogP contribution in [-0.4, -0.2) is 54.0 Å². The summed E-state index contributed by atoms with van der Waals surface area (Å²) in [6.07, 6.45) is 3.41. The summed E-state index contributed by atoms with van der Waals surface area (Å²) < 4.78 is 0. The Hall–Kier alpha value is -2.64. The molecule has 2 aromatic rings. The van der Waals surface area contributed by atoms with Gasteiger partial charge in [0, 0.05) is 42.1 Å². The van der Waals surface area contributed by atoms with Crippen LogP contribution in [-0.2, 0) is 9.59 Å². The van der Waals surface area contributed by atoms with Crippen molar-refractivity contribution in [3.8, 4) is 0 Å². The lowest BCUT2D eigenvalue weighted by Gasteiger charge is -2.36. The number of thioether (sulfide) groups is 1. The normalized spacial score (nSPS) is 18.2. The molecule has 0 unspecified atom stereocenters. The number of nitrogens with one attached hydrogen (secondary N) is 2. The van der Waals surface area contributed by atoms with Gasteiger partial charge in [-0.1, -0.05) is 35.9 Å². The molecule has 30 heavy (non-hydrogen) atoms. The van der Waals surface area contributed by atoms with Crippen molar-refractivity contribution in [2.75, 3.05) is 31.2 Å². The Morgan fingerprint density at radius 3 is 2.63 bits per heavy atom. The van der Waals surface area contributed by atoms with Crippen molar-refractivity contribution < 1.29 is 9.59 Å². The highest BCUT2D eigenvalue weighted by Gasteiger charge is 2.42. The van der Waals surface area contributed by atoms with E-state index in [4.69, 9.17) is 4.99 Å². The zero-order valence-electron chi connectivity index (χ0n) is 17.3. The highest BCUT2D eigenvalue weighted by Crippen LogP contribution is 2.29. The van der Waals surface area contributed by atoms with E-state index in [9.17, 15) is 9.59 Å². The second kappa shape index (κ2) is 8.62. The second-order valence-corrected chi connectivity index (χ2v) is 8.75.